The minimum atomic E-state index is -0.393. The number of anilines is 1. The van der Waals surface area contributed by atoms with Crippen LogP contribution in [-0.4, -0.2) is 21.2 Å². The van der Waals surface area contributed by atoms with Crippen molar-refractivity contribution in [2.75, 3.05) is 11.9 Å². The molecule has 110 valence electrons. The summed E-state index contributed by atoms with van der Waals surface area (Å²) in [6.45, 7) is 7.35. The number of rotatable bonds is 2. The molecule has 0 amide bonds. The van der Waals surface area contributed by atoms with Crippen molar-refractivity contribution in [3.05, 3.63) is 45.6 Å². The molecule has 1 aromatic heterocycles. The molecule has 3 rings (SSSR count). The van der Waals surface area contributed by atoms with Crippen LogP contribution in [0, 0.1) is 10.1 Å². The standard InChI is InChI=1S/C15H18N4O2/c1-15(2,3)13-12-8-9-16-14(12)18(17-13)10-4-6-11(7-5-10)19(20)21/h4-7,16H,8-9H2,1-3H3. The van der Waals surface area contributed by atoms with Crippen molar-refractivity contribution < 1.29 is 4.92 Å². The van der Waals surface area contributed by atoms with E-state index in [1.165, 1.54) is 17.7 Å². The van der Waals surface area contributed by atoms with Gasteiger partial charge >= 0.3 is 0 Å². The van der Waals surface area contributed by atoms with Crippen LogP contribution >= 0.6 is 0 Å². The Labute approximate surface area is 122 Å². The van der Waals surface area contributed by atoms with E-state index in [-0.39, 0.29) is 11.1 Å². The molecule has 0 radical (unpaired) electrons. The Morgan fingerprint density at radius 1 is 1.29 bits per heavy atom. The average Bonchev–Trinajstić information content (AvgIpc) is 2.98. The molecule has 0 spiro atoms. The number of nitro benzene ring substituents is 1. The van der Waals surface area contributed by atoms with Crippen LogP contribution in [0.2, 0.25) is 0 Å². The van der Waals surface area contributed by atoms with Crippen molar-refractivity contribution in [1.82, 2.24) is 9.78 Å². The molecule has 0 aliphatic carbocycles. The van der Waals surface area contributed by atoms with E-state index in [0.29, 0.717) is 0 Å². The molecule has 2 heterocycles. The van der Waals surface area contributed by atoms with Gasteiger partial charge in [0.05, 0.1) is 16.3 Å². The van der Waals surface area contributed by atoms with Crippen molar-refractivity contribution in [3.8, 4) is 5.69 Å². The molecule has 1 N–H and O–H groups in total. The second-order valence-electron chi connectivity index (χ2n) is 6.29. The number of hydrogen-bond acceptors (Lipinski definition) is 4. The first-order chi connectivity index (χ1) is 9.88. The normalized spacial score (nSPS) is 13.9. The molecular weight excluding hydrogens is 268 g/mol. The number of benzene rings is 1. The van der Waals surface area contributed by atoms with Crippen LogP contribution in [0.1, 0.15) is 32.0 Å². The van der Waals surface area contributed by atoms with Crippen LogP contribution < -0.4 is 5.32 Å². The van der Waals surface area contributed by atoms with E-state index in [1.54, 1.807) is 12.1 Å². The van der Waals surface area contributed by atoms with E-state index in [4.69, 9.17) is 5.10 Å². The van der Waals surface area contributed by atoms with Gasteiger partial charge in [-0.05, 0) is 18.6 Å². The Hall–Kier alpha value is -2.37. The molecule has 2 aromatic rings. The predicted octanol–water partition coefficient (Wildman–Crippen LogP) is 3.05. The summed E-state index contributed by atoms with van der Waals surface area (Å²) in [5.41, 5.74) is 3.23. The van der Waals surface area contributed by atoms with Gasteiger partial charge in [0.1, 0.15) is 5.82 Å². The number of aromatic nitrogens is 2. The van der Waals surface area contributed by atoms with Crippen molar-refractivity contribution >= 4 is 11.5 Å². The topological polar surface area (TPSA) is 73.0 Å². The smallest absolute Gasteiger partial charge is 0.269 e. The molecule has 1 aromatic carbocycles. The number of nitrogens with zero attached hydrogens (tertiary/aromatic N) is 3. The summed E-state index contributed by atoms with van der Waals surface area (Å²) in [7, 11) is 0. The first-order valence-electron chi connectivity index (χ1n) is 6.99. The fourth-order valence-electron chi connectivity index (χ4n) is 2.68. The number of nitrogens with one attached hydrogen (secondary N) is 1. The fraction of sp³-hybridized carbons (Fsp3) is 0.400. The summed E-state index contributed by atoms with van der Waals surface area (Å²) < 4.78 is 1.85. The van der Waals surface area contributed by atoms with Gasteiger partial charge in [0.2, 0.25) is 0 Å². The van der Waals surface area contributed by atoms with E-state index in [0.717, 1.165) is 30.2 Å². The molecule has 0 atom stereocenters. The van der Waals surface area contributed by atoms with E-state index < -0.39 is 4.92 Å². The Morgan fingerprint density at radius 2 is 1.95 bits per heavy atom. The Kier molecular flexibility index (Phi) is 2.97. The van der Waals surface area contributed by atoms with Gasteiger partial charge in [-0.25, -0.2) is 4.68 Å². The zero-order valence-corrected chi connectivity index (χ0v) is 12.4. The van der Waals surface area contributed by atoms with Gasteiger partial charge in [-0.2, -0.15) is 5.10 Å². The lowest BCUT2D eigenvalue weighted by molar-refractivity contribution is -0.384. The lowest BCUT2D eigenvalue weighted by Crippen LogP contribution is -2.15. The Morgan fingerprint density at radius 3 is 2.52 bits per heavy atom. The van der Waals surface area contributed by atoms with Crippen LogP contribution in [0.15, 0.2) is 24.3 Å². The van der Waals surface area contributed by atoms with E-state index in [9.17, 15) is 10.1 Å². The Bertz CT molecular complexity index is 696. The number of nitro groups is 1. The highest BCUT2D eigenvalue weighted by atomic mass is 16.6. The third-order valence-corrected chi connectivity index (χ3v) is 3.67. The van der Waals surface area contributed by atoms with Gasteiger partial charge in [-0.1, -0.05) is 20.8 Å². The summed E-state index contributed by atoms with van der Waals surface area (Å²) >= 11 is 0. The zero-order chi connectivity index (χ0) is 15.2. The molecule has 21 heavy (non-hydrogen) atoms. The second-order valence-corrected chi connectivity index (χ2v) is 6.29. The fourth-order valence-corrected chi connectivity index (χ4v) is 2.68. The second kappa shape index (κ2) is 4.58. The van der Waals surface area contributed by atoms with Crippen LogP contribution in [0.3, 0.4) is 0 Å². The first-order valence-corrected chi connectivity index (χ1v) is 6.99. The zero-order valence-electron chi connectivity index (χ0n) is 12.4. The quantitative estimate of drug-likeness (QED) is 0.680. The predicted molar refractivity (Wildman–Crippen MR) is 81.1 cm³/mol. The summed E-state index contributed by atoms with van der Waals surface area (Å²) in [6.07, 6.45) is 0.967. The van der Waals surface area contributed by atoms with E-state index in [2.05, 4.69) is 26.1 Å². The molecule has 6 nitrogen and oxygen atoms in total. The van der Waals surface area contributed by atoms with Crippen LogP contribution in [0.5, 0.6) is 0 Å². The largest absolute Gasteiger partial charge is 0.369 e. The maximum atomic E-state index is 10.7. The summed E-state index contributed by atoms with van der Waals surface area (Å²) in [6, 6.07) is 6.49. The van der Waals surface area contributed by atoms with Gasteiger partial charge in [-0.3, -0.25) is 10.1 Å². The van der Waals surface area contributed by atoms with E-state index in [1.807, 2.05) is 4.68 Å². The molecule has 0 unspecified atom stereocenters. The third kappa shape index (κ3) is 2.26. The minimum Gasteiger partial charge on any atom is -0.369 e. The highest BCUT2D eigenvalue weighted by Gasteiger charge is 2.29. The summed E-state index contributed by atoms with van der Waals surface area (Å²) in [5.74, 6) is 1.01. The first kappa shape index (κ1) is 13.6. The van der Waals surface area contributed by atoms with Gasteiger partial charge in [-0.15, -0.1) is 0 Å². The van der Waals surface area contributed by atoms with Crippen molar-refractivity contribution in [1.29, 1.82) is 0 Å². The number of non-ortho nitro benzene ring substituents is 1. The minimum absolute atomic E-state index is 0.0257. The molecule has 0 fully saturated rings. The lowest BCUT2D eigenvalue weighted by Gasteiger charge is -2.16. The molecule has 1 aliphatic heterocycles. The van der Waals surface area contributed by atoms with Crippen LogP contribution in [-0.2, 0) is 11.8 Å². The highest BCUT2D eigenvalue weighted by molar-refractivity contribution is 5.58. The monoisotopic (exact) mass is 286 g/mol. The third-order valence-electron chi connectivity index (χ3n) is 3.67. The van der Waals surface area contributed by atoms with Crippen LogP contribution in [0.4, 0.5) is 11.5 Å². The summed E-state index contributed by atoms with van der Waals surface area (Å²) in [4.78, 5) is 10.3. The number of hydrogen-bond donors (Lipinski definition) is 1. The molecular formula is C15H18N4O2. The maximum Gasteiger partial charge on any atom is 0.269 e. The SMILES string of the molecule is CC(C)(C)c1nn(-c2ccc([N+](=O)[O-])cc2)c2c1CCN2. The number of fused-ring (bicyclic) bond motifs is 1. The molecule has 0 saturated heterocycles. The average molecular weight is 286 g/mol. The summed E-state index contributed by atoms with van der Waals surface area (Å²) in [5, 5.41) is 18.8. The van der Waals surface area contributed by atoms with Gasteiger partial charge < -0.3 is 5.32 Å². The molecule has 1 aliphatic rings. The van der Waals surface area contributed by atoms with Gasteiger partial charge in [0.15, 0.2) is 0 Å². The molecule has 0 saturated carbocycles. The van der Waals surface area contributed by atoms with Gasteiger partial charge in [0, 0.05) is 29.7 Å². The Balaban J connectivity index is 2.09. The molecule has 6 heteroatoms. The highest BCUT2D eigenvalue weighted by Crippen LogP contribution is 2.35. The van der Waals surface area contributed by atoms with Crippen LogP contribution in [0.25, 0.3) is 5.69 Å². The maximum absolute atomic E-state index is 10.7. The lowest BCUT2D eigenvalue weighted by atomic mass is 9.89. The molecule has 0 bridgehead atoms. The van der Waals surface area contributed by atoms with Crippen molar-refractivity contribution in [3.63, 3.8) is 0 Å². The van der Waals surface area contributed by atoms with Crippen molar-refractivity contribution in [2.45, 2.75) is 32.6 Å². The van der Waals surface area contributed by atoms with E-state index >= 15 is 0 Å². The van der Waals surface area contributed by atoms with Gasteiger partial charge in [0.25, 0.3) is 5.69 Å². The van der Waals surface area contributed by atoms with Crippen molar-refractivity contribution in [2.24, 2.45) is 0 Å².